The fraction of sp³-hybridized carbons (Fsp3) is 0.480. The number of hydrogen-bond donors (Lipinski definition) is 1. The molecule has 6 rings (SSSR count). The van der Waals surface area contributed by atoms with Crippen LogP contribution in [0.5, 0.6) is 0 Å². The van der Waals surface area contributed by atoms with Gasteiger partial charge in [0, 0.05) is 4.47 Å². The van der Waals surface area contributed by atoms with E-state index in [1.54, 1.807) is 6.07 Å². The van der Waals surface area contributed by atoms with Gasteiger partial charge >= 0.3 is 0 Å². The fourth-order valence-electron chi connectivity index (χ4n) is 6.76. The van der Waals surface area contributed by atoms with Gasteiger partial charge in [0.15, 0.2) is 0 Å². The Balaban J connectivity index is 1.35. The van der Waals surface area contributed by atoms with E-state index in [0.717, 1.165) is 28.3 Å². The topological polar surface area (TPSA) is 66.5 Å². The van der Waals surface area contributed by atoms with Gasteiger partial charge in [0.2, 0.25) is 15.9 Å². The molecule has 0 atom stereocenters. The second-order valence-electron chi connectivity index (χ2n) is 10.2. The van der Waals surface area contributed by atoms with Crippen LogP contribution in [0.15, 0.2) is 46.9 Å². The molecule has 0 unspecified atom stereocenters. The summed E-state index contributed by atoms with van der Waals surface area (Å²) in [7, 11) is -3.71. The zero-order valence-electron chi connectivity index (χ0n) is 18.6. The number of nitrogens with zero attached hydrogens (tertiary/aromatic N) is 1. The third-order valence-electron chi connectivity index (χ3n) is 7.70. The van der Waals surface area contributed by atoms with Gasteiger partial charge in [0.25, 0.3) is 0 Å². The summed E-state index contributed by atoms with van der Waals surface area (Å²) in [4.78, 5) is 12.6. The smallest absolute Gasteiger partial charge is 0.245 e. The van der Waals surface area contributed by atoms with Crippen molar-refractivity contribution in [2.24, 2.45) is 17.8 Å². The molecule has 5 nitrogen and oxygen atoms in total. The van der Waals surface area contributed by atoms with Gasteiger partial charge in [-0.25, -0.2) is 12.8 Å². The van der Waals surface area contributed by atoms with E-state index in [2.05, 4.69) is 21.2 Å². The molecule has 0 heterocycles. The summed E-state index contributed by atoms with van der Waals surface area (Å²) in [5.74, 6) is 1.28. The molecule has 4 aliphatic carbocycles. The van der Waals surface area contributed by atoms with Crippen molar-refractivity contribution in [3.63, 3.8) is 0 Å². The maximum Gasteiger partial charge on any atom is 0.245 e. The van der Waals surface area contributed by atoms with Crippen molar-refractivity contribution in [3.05, 3.63) is 58.3 Å². The monoisotopic (exact) mass is 534 g/mol. The van der Waals surface area contributed by atoms with Gasteiger partial charge in [0.1, 0.15) is 12.4 Å². The van der Waals surface area contributed by atoms with E-state index in [1.807, 2.05) is 24.3 Å². The van der Waals surface area contributed by atoms with E-state index < -0.39 is 28.3 Å². The summed E-state index contributed by atoms with van der Waals surface area (Å²) in [5, 5.41) is 2.47. The van der Waals surface area contributed by atoms with Crippen LogP contribution in [0.4, 0.5) is 15.8 Å². The molecule has 0 radical (unpaired) electrons. The van der Waals surface area contributed by atoms with E-state index in [9.17, 15) is 17.6 Å². The van der Waals surface area contributed by atoms with Crippen molar-refractivity contribution < 1.29 is 17.6 Å². The largest absolute Gasteiger partial charge is 0.322 e. The minimum atomic E-state index is -3.71. The quantitative estimate of drug-likeness (QED) is 0.534. The highest BCUT2D eigenvalue weighted by Crippen LogP contribution is 2.60. The SMILES string of the molecule is CS(=O)(=O)N(CC(=O)Nc1ccc(Br)cc1F)c1ccc(C23CC4CC(CC(C4)C2)C3)cc1. The van der Waals surface area contributed by atoms with E-state index in [4.69, 9.17) is 0 Å². The van der Waals surface area contributed by atoms with Crippen LogP contribution in [0.1, 0.15) is 44.1 Å². The Morgan fingerprint density at radius 3 is 2.15 bits per heavy atom. The number of hydrogen-bond acceptors (Lipinski definition) is 3. The Bertz CT molecular complexity index is 1150. The first-order valence-electron chi connectivity index (χ1n) is 11.4. The highest BCUT2D eigenvalue weighted by molar-refractivity contribution is 9.10. The molecule has 4 saturated carbocycles. The van der Waals surface area contributed by atoms with Crippen LogP contribution in [0.25, 0.3) is 0 Å². The lowest BCUT2D eigenvalue weighted by atomic mass is 9.48. The molecule has 1 amide bonds. The maximum atomic E-state index is 14.1. The molecule has 176 valence electrons. The molecule has 2 aromatic carbocycles. The molecule has 4 fully saturated rings. The standard InChI is InChI=1S/C25H28BrFN2O3S/c1-33(31,32)29(15-24(30)28-23-7-4-20(26)11-22(23)27)21-5-2-19(3-6-21)25-12-16-8-17(13-25)10-18(9-16)14-25/h2-7,11,16-18H,8-10,12-15H2,1H3,(H,28,30). The van der Waals surface area contributed by atoms with E-state index >= 15 is 0 Å². The molecule has 4 aliphatic rings. The minimum absolute atomic E-state index is 0.00816. The molecule has 0 aromatic heterocycles. The first kappa shape index (κ1) is 22.8. The molecule has 0 spiro atoms. The Kier molecular flexibility index (Phi) is 5.80. The van der Waals surface area contributed by atoms with Crippen molar-refractivity contribution in [1.29, 1.82) is 0 Å². The molecular weight excluding hydrogens is 507 g/mol. The van der Waals surface area contributed by atoms with Gasteiger partial charge in [-0.2, -0.15) is 0 Å². The lowest BCUT2D eigenvalue weighted by Crippen LogP contribution is -2.48. The van der Waals surface area contributed by atoms with Crippen molar-refractivity contribution in [1.82, 2.24) is 0 Å². The fourth-order valence-corrected chi connectivity index (χ4v) is 7.95. The average molecular weight is 535 g/mol. The summed E-state index contributed by atoms with van der Waals surface area (Å²) >= 11 is 3.18. The van der Waals surface area contributed by atoms with Gasteiger partial charge < -0.3 is 5.32 Å². The second kappa shape index (κ2) is 8.38. The van der Waals surface area contributed by atoms with Crippen LogP contribution in [-0.2, 0) is 20.2 Å². The number of benzene rings is 2. The molecule has 0 saturated heterocycles. The van der Waals surface area contributed by atoms with E-state index in [-0.39, 0.29) is 11.1 Å². The number of sulfonamides is 1. The van der Waals surface area contributed by atoms with Crippen LogP contribution in [0.2, 0.25) is 0 Å². The number of carbonyl (C=O) groups excluding carboxylic acids is 1. The van der Waals surface area contributed by atoms with Crippen LogP contribution < -0.4 is 9.62 Å². The van der Waals surface area contributed by atoms with Gasteiger partial charge in [-0.05, 0) is 97.6 Å². The summed E-state index contributed by atoms with van der Waals surface area (Å²) in [5.41, 5.74) is 1.96. The third-order valence-corrected chi connectivity index (χ3v) is 9.33. The Morgan fingerprint density at radius 2 is 1.64 bits per heavy atom. The molecule has 4 bridgehead atoms. The zero-order chi connectivity index (χ0) is 23.4. The Morgan fingerprint density at radius 1 is 1.06 bits per heavy atom. The first-order valence-corrected chi connectivity index (χ1v) is 14.1. The van der Waals surface area contributed by atoms with Gasteiger partial charge in [0.05, 0.1) is 17.6 Å². The zero-order valence-corrected chi connectivity index (χ0v) is 21.0. The first-order chi connectivity index (χ1) is 15.6. The molecule has 0 aliphatic heterocycles. The van der Waals surface area contributed by atoms with E-state index in [0.29, 0.717) is 10.2 Å². The summed E-state index contributed by atoms with van der Waals surface area (Å²) in [6.07, 6.45) is 8.88. The molecule has 2 aromatic rings. The summed E-state index contributed by atoms with van der Waals surface area (Å²) in [6.45, 7) is -0.426. The van der Waals surface area contributed by atoms with Crippen LogP contribution in [0.3, 0.4) is 0 Å². The third kappa shape index (κ3) is 4.56. The number of anilines is 2. The summed E-state index contributed by atoms with van der Waals surface area (Å²) in [6, 6.07) is 12.0. The minimum Gasteiger partial charge on any atom is -0.322 e. The maximum absolute atomic E-state index is 14.1. The van der Waals surface area contributed by atoms with Gasteiger partial charge in [-0.15, -0.1) is 0 Å². The number of halogens is 2. The van der Waals surface area contributed by atoms with Crippen molar-refractivity contribution in [2.45, 2.75) is 43.9 Å². The Labute approximate surface area is 202 Å². The van der Waals surface area contributed by atoms with Crippen LogP contribution in [-0.4, -0.2) is 27.1 Å². The van der Waals surface area contributed by atoms with Crippen molar-refractivity contribution >= 4 is 43.2 Å². The second-order valence-corrected chi connectivity index (χ2v) is 13.0. The predicted molar refractivity (Wildman–Crippen MR) is 131 cm³/mol. The molecule has 33 heavy (non-hydrogen) atoms. The summed E-state index contributed by atoms with van der Waals surface area (Å²) < 4.78 is 40.7. The van der Waals surface area contributed by atoms with Gasteiger partial charge in [-0.3, -0.25) is 9.10 Å². The van der Waals surface area contributed by atoms with Crippen LogP contribution in [0, 0.1) is 23.6 Å². The molecular formula is C25H28BrFN2O3S. The number of amides is 1. The van der Waals surface area contributed by atoms with Crippen molar-refractivity contribution in [2.75, 3.05) is 22.4 Å². The highest BCUT2D eigenvalue weighted by Gasteiger charge is 2.51. The lowest BCUT2D eigenvalue weighted by Gasteiger charge is -2.57. The Hall–Kier alpha value is -1.93. The number of rotatable bonds is 6. The normalized spacial score (nSPS) is 28.0. The van der Waals surface area contributed by atoms with E-state index in [1.165, 1.54) is 56.2 Å². The van der Waals surface area contributed by atoms with Crippen LogP contribution >= 0.6 is 15.9 Å². The highest BCUT2D eigenvalue weighted by atomic mass is 79.9. The lowest BCUT2D eigenvalue weighted by molar-refractivity contribution is -0.114. The molecule has 1 N–H and O–H groups in total. The van der Waals surface area contributed by atoms with Crippen molar-refractivity contribution in [3.8, 4) is 0 Å². The number of nitrogens with one attached hydrogen (secondary N) is 1. The van der Waals surface area contributed by atoms with Gasteiger partial charge in [-0.1, -0.05) is 28.1 Å². The molecule has 8 heteroatoms. The predicted octanol–water partition coefficient (Wildman–Crippen LogP) is 5.46. The average Bonchev–Trinajstić information content (AvgIpc) is 2.72. The number of carbonyl (C=O) groups is 1.